The normalized spacial score (nSPS) is 20.4. The molecule has 2 heterocycles. The maximum Gasteiger partial charge on any atom is 0.184 e. The zero-order valence-corrected chi connectivity index (χ0v) is 24.9. The highest BCUT2D eigenvalue weighted by molar-refractivity contribution is 5.67. The molecule has 3 atom stereocenters. The molecule has 7 heteroatoms. The summed E-state index contributed by atoms with van der Waals surface area (Å²) in [5.74, 6) is 1.53. The van der Waals surface area contributed by atoms with Gasteiger partial charge in [0, 0.05) is 38.2 Å². The minimum atomic E-state index is -0.499. The SMILES string of the molecule is COc1cc2c(cc1OC)CN(C[C@@H]1C[C@H](c3ccc(CO)cc3)O[C@H](c3ccc(-c4ccccc4CN)cc3)O1)CC2. The van der Waals surface area contributed by atoms with Crippen molar-refractivity contribution in [3.63, 3.8) is 0 Å². The monoisotopic (exact) mass is 580 g/mol. The van der Waals surface area contributed by atoms with Gasteiger partial charge in [-0.1, -0.05) is 72.8 Å². The fraction of sp³-hybridized carbons (Fsp3) is 0.333. The van der Waals surface area contributed by atoms with E-state index >= 15 is 0 Å². The maximum absolute atomic E-state index is 9.54. The van der Waals surface area contributed by atoms with Gasteiger partial charge in [-0.15, -0.1) is 0 Å². The Bertz CT molecular complexity index is 1520. The van der Waals surface area contributed by atoms with Crippen LogP contribution < -0.4 is 15.2 Å². The molecule has 0 saturated carbocycles. The lowest BCUT2D eigenvalue weighted by atomic mass is 9.96. The third kappa shape index (κ3) is 6.47. The molecule has 0 radical (unpaired) electrons. The van der Waals surface area contributed by atoms with Crippen LogP contribution in [0.15, 0.2) is 84.9 Å². The third-order valence-electron chi connectivity index (χ3n) is 8.61. The maximum atomic E-state index is 9.54. The number of hydrogen-bond acceptors (Lipinski definition) is 7. The Labute approximate surface area is 253 Å². The molecule has 1 fully saturated rings. The van der Waals surface area contributed by atoms with Gasteiger partial charge in [-0.25, -0.2) is 0 Å². The lowest BCUT2D eigenvalue weighted by Gasteiger charge is -2.39. The minimum absolute atomic E-state index is 0.0207. The fourth-order valence-corrected chi connectivity index (χ4v) is 6.22. The highest BCUT2D eigenvalue weighted by Crippen LogP contribution is 2.40. The van der Waals surface area contributed by atoms with E-state index in [-0.39, 0.29) is 18.8 Å². The summed E-state index contributed by atoms with van der Waals surface area (Å²) in [5, 5.41) is 9.54. The molecule has 0 amide bonds. The Morgan fingerprint density at radius 3 is 2.26 bits per heavy atom. The highest BCUT2D eigenvalue weighted by atomic mass is 16.7. The van der Waals surface area contributed by atoms with Crippen LogP contribution in [0.5, 0.6) is 11.5 Å². The van der Waals surface area contributed by atoms with E-state index in [9.17, 15) is 5.11 Å². The molecule has 4 aromatic rings. The summed E-state index contributed by atoms with van der Waals surface area (Å²) in [5.41, 5.74) is 14.9. The molecular formula is C36H40N2O5. The van der Waals surface area contributed by atoms with Gasteiger partial charge < -0.3 is 29.8 Å². The van der Waals surface area contributed by atoms with E-state index < -0.39 is 6.29 Å². The lowest BCUT2D eigenvalue weighted by Crippen LogP contribution is -2.41. The van der Waals surface area contributed by atoms with Gasteiger partial charge in [0.05, 0.1) is 33.0 Å². The van der Waals surface area contributed by atoms with Crippen LogP contribution in [-0.2, 0) is 35.6 Å². The standard InChI is InChI=1S/C36H40N2O5/c1-40-34-17-28-15-16-38(21-30(28)18-35(34)41-2)22-31-19-33(26-9-7-24(23-39)8-10-26)43-36(42-31)27-13-11-25(12-14-27)32-6-4-3-5-29(32)20-37/h3-14,17-18,31,33,36,39H,15-16,19-23,37H2,1-2H3/t31-,33+,36+/m0/s1. The molecule has 0 aliphatic carbocycles. The molecule has 3 N–H and O–H groups in total. The Morgan fingerprint density at radius 1 is 0.860 bits per heavy atom. The number of nitrogens with zero attached hydrogens (tertiary/aromatic N) is 1. The average Bonchev–Trinajstić information content (AvgIpc) is 3.07. The molecule has 0 aromatic heterocycles. The topological polar surface area (TPSA) is 86.4 Å². The van der Waals surface area contributed by atoms with Crippen molar-refractivity contribution in [3.05, 3.63) is 118 Å². The summed E-state index contributed by atoms with van der Waals surface area (Å²) in [6.07, 6.45) is 1.03. The van der Waals surface area contributed by atoms with Crippen LogP contribution >= 0.6 is 0 Å². The Morgan fingerprint density at radius 2 is 1.56 bits per heavy atom. The molecule has 0 spiro atoms. The molecule has 2 aliphatic heterocycles. The number of nitrogens with two attached hydrogens (primary N) is 1. The van der Waals surface area contributed by atoms with Gasteiger partial charge in [0.25, 0.3) is 0 Å². The number of benzene rings is 4. The fourth-order valence-electron chi connectivity index (χ4n) is 6.22. The summed E-state index contributed by atoms with van der Waals surface area (Å²) >= 11 is 0. The Kier molecular flexibility index (Phi) is 9.07. The van der Waals surface area contributed by atoms with Gasteiger partial charge in [-0.2, -0.15) is 0 Å². The number of rotatable bonds is 9. The Balaban J connectivity index is 1.23. The van der Waals surface area contributed by atoms with E-state index in [1.54, 1.807) is 14.2 Å². The smallest absolute Gasteiger partial charge is 0.184 e. The molecule has 0 unspecified atom stereocenters. The second-order valence-electron chi connectivity index (χ2n) is 11.3. The average molecular weight is 581 g/mol. The first-order chi connectivity index (χ1) is 21.1. The minimum Gasteiger partial charge on any atom is -0.493 e. The Hall–Kier alpha value is -3.72. The van der Waals surface area contributed by atoms with Gasteiger partial charge in [0.1, 0.15) is 0 Å². The van der Waals surface area contributed by atoms with E-state index in [1.807, 2.05) is 24.3 Å². The van der Waals surface area contributed by atoms with E-state index in [4.69, 9.17) is 24.7 Å². The van der Waals surface area contributed by atoms with E-state index in [1.165, 1.54) is 11.1 Å². The number of aliphatic hydroxyl groups is 1. The van der Waals surface area contributed by atoms with Gasteiger partial charge in [-0.05, 0) is 57.5 Å². The first-order valence-corrected chi connectivity index (χ1v) is 14.9. The largest absolute Gasteiger partial charge is 0.493 e. The molecular weight excluding hydrogens is 540 g/mol. The van der Waals surface area contributed by atoms with Crippen molar-refractivity contribution in [1.82, 2.24) is 4.90 Å². The van der Waals surface area contributed by atoms with Crippen LogP contribution in [-0.4, -0.2) is 43.4 Å². The molecule has 6 rings (SSSR count). The number of methoxy groups -OCH3 is 2. The van der Waals surface area contributed by atoms with E-state index in [0.717, 1.165) is 77.4 Å². The second kappa shape index (κ2) is 13.3. The number of ether oxygens (including phenoxy) is 4. The number of hydrogen-bond donors (Lipinski definition) is 2. The first-order valence-electron chi connectivity index (χ1n) is 14.9. The first kappa shape index (κ1) is 29.4. The molecule has 7 nitrogen and oxygen atoms in total. The van der Waals surface area contributed by atoms with Crippen molar-refractivity contribution < 1.29 is 24.1 Å². The zero-order chi connectivity index (χ0) is 29.8. The van der Waals surface area contributed by atoms with Crippen LogP contribution in [0, 0.1) is 0 Å². The van der Waals surface area contributed by atoms with Crippen molar-refractivity contribution in [3.8, 4) is 22.6 Å². The highest BCUT2D eigenvalue weighted by Gasteiger charge is 2.34. The summed E-state index contributed by atoms with van der Waals surface area (Å²) < 4.78 is 24.4. The number of aliphatic hydroxyl groups excluding tert-OH is 1. The van der Waals surface area contributed by atoms with Crippen LogP contribution in [0.2, 0.25) is 0 Å². The molecule has 1 saturated heterocycles. The predicted octanol–water partition coefficient (Wildman–Crippen LogP) is 5.93. The van der Waals surface area contributed by atoms with E-state index in [2.05, 4.69) is 65.6 Å². The summed E-state index contributed by atoms with van der Waals surface area (Å²) in [7, 11) is 3.36. The third-order valence-corrected chi connectivity index (χ3v) is 8.61. The van der Waals surface area contributed by atoms with Crippen LogP contribution in [0.25, 0.3) is 11.1 Å². The van der Waals surface area contributed by atoms with Crippen molar-refractivity contribution in [2.75, 3.05) is 27.3 Å². The molecule has 4 aromatic carbocycles. The molecule has 2 aliphatic rings. The zero-order valence-electron chi connectivity index (χ0n) is 24.9. The predicted molar refractivity (Wildman–Crippen MR) is 167 cm³/mol. The molecule has 0 bridgehead atoms. The van der Waals surface area contributed by atoms with Gasteiger partial charge in [-0.3, -0.25) is 4.90 Å². The van der Waals surface area contributed by atoms with Crippen molar-refractivity contribution >= 4 is 0 Å². The second-order valence-corrected chi connectivity index (χ2v) is 11.3. The van der Waals surface area contributed by atoms with Crippen LogP contribution in [0.4, 0.5) is 0 Å². The summed E-state index contributed by atoms with van der Waals surface area (Å²) in [6, 6.07) is 28.9. The van der Waals surface area contributed by atoms with Gasteiger partial charge in [0.2, 0.25) is 0 Å². The number of fused-ring (bicyclic) bond motifs is 1. The molecule has 43 heavy (non-hydrogen) atoms. The summed E-state index contributed by atoms with van der Waals surface area (Å²) in [4.78, 5) is 2.46. The molecule has 224 valence electrons. The van der Waals surface area contributed by atoms with Crippen molar-refractivity contribution in [2.24, 2.45) is 5.73 Å². The van der Waals surface area contributed by atoms with Gasteiger partial charge >= 0.3 is 0 Å². The van der Waals surface area contributed by atoms with Crippen LogP contribution in [0.3, 0.4) is 0 Å². The van der Waals surface area contributed by atoms with Crippen molar-refractivity contribution in [1.29, 1.82) is 0 Å². The van der Waals surface area contributed by atoms with E-state index in [0.29, 0.717) is 6.54 Å². The summed E-state index contributed by atoms with van der Waals surface area (Å²) in [6.45, 7) is 3.07. The quantitative estimate of drug-likeness (QED) is 0.254. The lowest BCUT2D eigenvalue weighted by molar-refractivity contribution is -0.253. The van der Waals surface area contributed by atoms with Gasteiger partial charge in [0.15, 0.2) is 17.8 Å². The van der Waals surface area contributed by atoms with Crippen LogP contribution in [0.1, 0.15) is 52.2 Å². The van der Waals surface area contributed by atoms with Crippen molar-refractivity contribution in [2.45, 2.75) is 51.0 Å².